The van der Waals surface area contributed by atoms with Crippen molar-refractivity contribution in [3.05, 3.63) is 48.3 Å². The molecule has 3 rings (SSSR count). The van der Waals surface area contributed by atoms with Gasteiger partial charge in [0.15, 0.2) is 11.5 Å². The molecule has 0 aliphatic carbocycles. The van der Waals surface area contributed by atoms with Crippen LogP contribution in [0.1, 0.15) is 32.1 Å². The van der Waals surface area contributed by atoms with Gasteiger partial charge in [0.05, 0.1) is 4.90 Å². The second-order valence-electron chi connectivity index (χ2n) is 7.52. The molecule has 180 valence electrons. The lowest BCUT2D eigenvalue weighted by atomic mass is 10.2. The fourth-order valence-corrected chi connectivity index (χ4v) is 5.12. The normalized spacial score (nSPS) is 13.0. The summed E-state index contributed by atoms with van der Waals surface area (Å²) in [4.78, 5) is 13.1. The molecule has 0 bridgehead atoms. The zero-order valence-electron chi connectivity index (χ0n) is 18.3. The molecule has 1 aliphatic rings. The molecule has 7 nitrogen and oxygen atoms in total. The van der Waals surface area contributed by atoms with Gasteiger partial charge in [-0.2, -0.15) is 0 Å². The Morgan fingerprint density at radius 3 is 2.48 bits per heavy atom. The standard InChI is InChI=1S/C23H29FN2O5S2/c24-18-6-8-19(9-7-18)32-16-4-12-25-23(27)5-2-1-3-13-26-33(28,29)20-10-11-21-22(17-20)31-15-14-30-21/h6-11,17,26H,1-5,12-16H2,(H,25,27). The Bertz CT molecular complexity index is 1020. The van der Waals surface area contributed by atoms with Crippen LogP contribution in [0.4, 0.5) is 4.39 Å². The van der Waals surface area contributed by atoms with E-state index in [1.807, 2.05) is 0 Å². The van der Waals surface area contributed by atoms with Crippen LogP contribution in [0, 0.1) is 5.82 Å². The van der Waals surface area contributed by atoms with Crippen molar-refractivity contribution in [2.45, 2.75) is 41.9 Å². The molecule has 2 aromatic rings. The summed E-state index contributed by atoms with van der Waals surface area (Å²) in [7, 11) is -3.62. The Morgan fingerprint density at radius 1 is 0.939 bits per heavy atom. The number of thioether (sulfide) groups is 1. The minimum Gasteiger partial charge on any atom is -0.486 e. The molecule has 1 heterocycles. The van der Waals surface area contributed by atoms with Crippen LogP contribution in [0.5, 0.6) is 11.5 Å². The number of unbranched alkanes of at least 4 members (excludes halogenated alkanes) is 2. The summed E-state index contributed by atoms with van der Waals surface area (Å²) in [5.41, 5.74) is 0. The van der Waals surface area contributed by atoms with Crippen molar-refractivity contribution in [3.8, 4) is 11.5 Å². The van der Waals surface area contributed by atoms with Crippen LogP contribution >= 0.6 is 11.8 Å². The Labute approximate surface area is 198 Å². The van der Waals surface area contributed by atoms with Gasteiger partial charge in [0, 0.05) is 30.5 Å². The zero-order chi connectivity index (χ0) is 23.5. The van der Waals surface area contributed by atoms with Crippen molar-refractivity contribution in [3.63, 3.8) is 0 Å². The molecular formula is C23H29FN2O5S2. The highest BCUT2D eigenvalue weighted by Crippen LogP contribution is 2.32. The van der Waals surface area contributed by atoms with Crippen molar-refractivity contribution in [2.75, 3.05) is 32.1 Å². The summed E-state index contributed by atoms with van der Waals surface area (Å²) in [6, 6.07) is 10.9. The third kappa shape index (κ3) is 8.53. The fraction of sp³-hybridized carbons (Fsp3) is 0.435. The van der Waals surface area contributed by atoms with Gasteiger partial charge in [0.25, 0.3) is 0 Å². The maximum atomic E-state index is 12.9. The van der Waals surface area contributed by atoms with Crippen molar-refractivity contribution < 1.29 is 27.1 Å². The van der Waals surface area contributed by atoms with E-state index >= 15 is 0 Å². The van der Waals surface area contributed by atoms with Crippen LogP contribution in [0.2, 0.25) is 0 Å². The van der Waals surface area contributed by atoms with Gasteiger partial charge in [0.2, 0.25) is 15.9 Å². The molecule has 2 N–H and O–H groups in total. The van der Waals surface area contributed by atoms with Gasteiger partial charge >= 0.3 is 0 Å². The first-order valence-corrected chi connectivity index (χ1v) is 13.5. The summed E-state index contributed by atoms with van der Waals surface area (Å²) in [6.07, 6.45) is 3.33. The van der Waals surface area contributed by atoms with Crippen molar-refractivity contribution in [2.24, 2.45) is 0 Å². The number of hydrogen-bond donors (Lipinski definition) is 2. The second-order valence-corrected chi connectivity index (χ2v) is 10.5. The molecule has 0 aromatic heterocycles. The third-order valence-electron chi connectivity index (χ3n) is 4.92. The number of carbonyl (C=O) groups is 1. The van der Waals surface area contributed by atoms with Gasteiger partial charge < -0.3 is 14.8 Å². The van der Waals surface area contributed by atoms with Gasteiger partial charge in [-0.25, -0.2) is 17.5 Å². The number of halogens is 1. The summed E-state index contributed by atoms with van der Waals surface area (Å²) in [6.45, 7) is 1.75. The van der Waals surface area contributed by atoms with Crippen LogP contribution in [0.15, 0.2) is 52.3 Å². The van der Waals surface area contributed by atoms with Crippen molar-refractivity contribution in [1.29, 1.82) is 0 Å². The minimum atomic E-state index is -3.62. The first-order valence-electron chi connectivity index (χ1n) is 11.0. The number of hydrogen-bond acceptors (Lipinski definition) is 6. The number of rotatable bonds is 13. The smallest absolute Gasteiger partial charge is 0.240 e. The number of amides is 1. The predicted molar refractivity (Wildman–Crippen MR) is 126 cm³/mol. The lowest BCUT2D eigenvalue weighted by Crippen LogP contribution is -2.26. The zero-order valence-corrected chi connectivity index (χ0v) is 20.0. The average Bonchev–Trinajstić information content (AvgIpc) is 2.82. The molecule has 0 spiro atoms. The highest BCUT2D eigenvalue weighted by atomic mass is 32.2. The Hall–Kier alpha value is -2.30. The molecule has 2 aromatic carbocycles. The fourth-order valence-electron chi connectivity index (χ4n) is 3.18. The van der Waals surface area contributed by atoms with Crippen LogP contribution < -0.4 is 19.5 Å². The Kier molecular flexibility index (Phi) is 9.83. The Balaban J connectivity index is 1.23. The van der Waals surface area contributed by atoms with Crippen LogP contribution in [-0.2, 0) is 14.8 Å². The van der Waals surface area contributed by atoms with Gasteiger partial charge in [-0.1, -0.05) is 6.42 Å². The van der Waals surface area contributed by atoms with E-state index in [-0.39, 0.29) is 16.6 Å². The van der Waals surface area contributed by atoms with Crippen molar-refractivity contribution in [1.82, 2.24) is 10.0 Å². The minimum absolute atomic E-state index is 0.00126. The maximum absolute atomic E-state index is 12.9. The number of nitrogens with one attached hydrogen (secondary N) is 2. The number of fused-ring (bicyclic) bond motifs is 1. The summed E-state index contributed by atoms with van der Waals surface area (Å²) in [5.74, 6) is 1.58. The number of ether oxygens (including phenoxy) is 2. The van der Waals surface area contributed by atoms with E-state index in [0.29, 0.717) is 57.1 Å². The van der Waals surface area contributed by atoms with E-state index in [0.717, 1.165) is 23.5 Å². The molecule has 0 saturated heterocycles. The van der Waals surface area contributed by atoms with Crippen LogP contribution in [-0.4, -0.2) is 46.4 Å². The number of carbonyl (C=O) groups excluding carboxylic acids is 1. The van der Waals surface area contributed by atoms with Crippen molar-refractivity contribution >= 4 is 27.7 Å². The summed E-state index contributed by atoms with van der Waals surface area (Å²) >= 11 is 1.63. The third-order valence-corrected chi connectivity index (χ3v) is 7.48. The monoisotopic (exact) mass is 496 g/mol. The second kappa shape index (κ2) is 12.8. The largest absolute Gasteiger partial charge is 0.486 e. The van der Waals surface area contributed by atoms with Gasteiger partial charge in [-0.3, -0.25) is 4.79 Å². The first kappa shape index (κ1) is 25.3. The van der Waals surface area contributed by atoms with Gasteiger partial charge in [-0.05, 0) is 61.4 Å². The van der Waals surface area contributed by atoms with E-state index in [9.17, 15) is 17.6 Å². The Morgan fingerprint density at radius 2 is 1.70 bits per heavy atom. The first-order chi connectivity index (χ1) is 15.9. The summed E-state index contributed by atoms with van der Waals surface area (Å²) in [5, 5.41) is 2.89. The number of sulfonamides is 1. The molecule has 0 saturated carbocycles. The predicted octanol–water partition coefficient (Wildman–Crippen LogP) is 3.73. The van der Waals surface area contributed by atoms with E-state index in [1.165, 1.54) is 24.3 Å². The van der Waals surface area contributed by atoms with E-state index < -0.39 is 10.0 Å². The SMILES string of the molecule is O=C(CCCCCNS(=O)(=O)c1ccc2c(c1)OCCO2)NCCCSc1ccc(F)cc1. The lowest BCUT2D eigenvalue weighted by molar-refractivity contribution is -0.121. The molecule has 0 fully saturated rings. The summed E-state index contributed by atoms with van der Waals surface area (Å²) < 4.78 is 51.2. The van der Waals surface area contributed by atoms with Crippen LogP contribution in [0.3, 0.4) is 0 Å². The van der Waals surface area contributed by atoms with E-state index in [2.05, 4.69) is 10.0 Å². The quantitative estimate of drug-likeness (QED) is 0.324. The molecule has 0 atom stereocenters. The highest BCUT2D eigenvalue weighted by molar-refractivity contribution is 7.99. The molecule has 10 heteroatoms. The highest BCUT2D eigenvalue weighted by Gasteiger charge is 2.18. The topological polar surface area (TPSA) is 93.7 Å². The molecule has 0 radical (unpaired) electrons. The van der Waals surface area contributed by atoms with Gasteiger partial charge in [0.1, 0.15) is 19.0 Å². The van der Waals surface area contributed by atoms with E-state index in [4.69, 9.17) is 9.47 Å². The molecular weight excluding hydrogens is 467 g/mol. The van der Waals surface area contributed by atoms with E-state index in [1.54, 1.807) is 30.0 Å². The average molecular weight is 497 g/mol. The van der Waals surface area contributed by atoms with Crippen LogP contribution in [0.25, 0.3) is 0 Å². The maximum Gasteiger partial charge on any atom is 0.240 e. The van der Waals surface area contributed by atoms with Gasteiger partial charge in [-0.15, -0.1) is 11.8 Å². The molecule has 1 aliphatic heterocycles. The number of benzene rings is 2. The molecule has 33 heavy (non-hydrogen) atoms. The lowest BCUT2D eigenvalue weighted by Gasteiger charge is -2.18. The molecule has 1 amide bonds. The molecule has 0 unspecified atom stereocenters.